The van der Waals surface area contributed by atoms with Crippen LogP contribution in [-0.4, -0.2) is 46.1 Å². The molecule has 0 radical (unpaired) electrons. The standard InChI is InChI=1S/C11H21N3O5/c12-6(2-1-3-7(13)10(16)17)9(15)5-4-8(14)11(18)19/h6-8H,1-5,12-14H2,(H,16,17)(H,18,19)/t6?,7-,8-/m0/s1. The predicted octanol–water partition coefficient (Wildman–Crippen LogP) is -1.34. The van der Waals surface area contributed by atoms with E-state index in [9.17, 15) is 14.4 Å². The third-order valence-corrected chi connectivity index (χ3v) is 2.78. The van der Waals surface area contributed by atoms with Crippen molar-refractivity contribution in [1.29, 1.82) is 0 Å². The molecule has 0 spiro atoms. The minimum atomic E-state index is -1.16. The van der Waals surface area contributed by atoms with Gasteiger partial charge in [0, 0.05) is 6.42 Å². The lowest BCUT2D eigenvalue weighted by Gasteiger charge is -2.12. The van der Waals surface area contributed by atoms with Crippen LogP contribution in [0.3, 0.4) is 0 Å². The first-order valence-electron chi connectivity index (χ1n) is 6.00. The van der Waals surface area contributed by atoms with Crippen molar-refractivity contribution < 1.29 is 24.6 Å². The van der Waals surface area contributed by atoms with Crippen LogP contribution in [0, 0.1) is 0 Å². The van der Waals surface area contributed by atoms with Gasteiger partial charge in [0.2, 0.25) is 0 Å². The van der Waals surface area contributed by atoms with Crippen molar-refractivity contribution in [2.45, 2.75) is 50.2 Å². The Hall–Kier alpha value is -1.51. The number of Topliss-reactive ketones (excluding diaryl/α,β-unsaturated/α-hetero) is 1. The van der Waals surface area contributed by atoms with Gasteiger partial charge in [-0.15, -0.1) is 0 Å². The molecule has 0 amide bonds. The molecule has 0 aliphatic carbocycles. The van der Waals surface area contributed by atoms with Gasteiger partial charge >= 0.3 is 11.9 Å². The number of carboxylic acids is 2. The summed E-state index contributed by atoms with van der Waals surface area (Å²) in [5.41, 5.74) is 16.2. The van der Waals surface area contributed by atoms with Gasteiger partial charge in [0.25, 0.3) is 0 Å². The lowest BCUT2D eigenvalue weighted by Crippen LogP contribution is -2.35. The minimum Gasteiger partial charge on any atom is -0.480 e. The number of hydrogen-bond acceptors (Lipinski definition) is 6. The highest BCUT2D eigenvalue weighted by atomic mass is 16.4. The van der Waals surface area contributed by atoms with Gasteiger partial charge in [-0.05, 0) is 25.7 Å². The van der Waals surface area contributed by atoms with Crippen LogP contribution in [0.15, 0.2) is 0 Å². The van der Waals surface area contributed by atoms with Crippen LogP contribution >= 0.6 is 0 Å². The Bertz CT molecular complexity index is 334. The lowest BCUT2D eigenvalue weighted by atomic mass is 9.99. The third-order valence-electron chi connectivity index (χ3n) is 2.78. The summed E-state index contributed by atoms with van der Waals surface area (Å²) in [7, 11) is 0. The van der Waals surface area contributed by atoms with Crippen molar-refractivity contribution in [3.63, 3.8) is 0 Å². The van der Waals surface area contributed by atoms with Crippen LogP contribution in [-0.2, 0) is 14.4 Å². The molecule has 0 saturated heterocycles. The molecule has 0 heterocycles. The third kappa shape index (κ3) is 7.50. The summed E-state index contributed by atoms with van der Waals surface area (Å²) in [5.74, 6) is -2.53. The highest BCUT2D eigenvalue weighted by Gasteiger charge is 2.18. The molecule has 8 nitrogen and oxygen atoms in total. The van der Waals surface area contributed by atoms with Crippen molar-refractivity contribution >= 4 is 17.7 Å². The summed E-state index contributed by atoms with van der Waals surface area (Å²) in [5, 5.41) is 17.1. The predicted molar refractivity (Wildman–Crippen MR) is 67.3 cm³/mol. The van der Waals surface area contributed by atoms with E-state index in [2.05, 4.69) is 0 Å². The molecular formula is C11H21N3O5. The quantitative estimate of drug-likeness (QED) is 0.326. The molecule has 0 rings (SSSR count). The van der Waals surface area contributed by atoms with Gasteiger partial charge < -0.3 is 27.4 Å². The SMILES string of the molecule is NC(CCC[C@H](N)C(=O)O)C(=O)CC[C@H](N)C(=O)O. The van der Waals surface area contributed by atoms with E-state index in [0.29, 0.717) is 12.8 Å². The van der Waals surface area contributed by atoms with Crippen molar-refractivity contribution in [3.05, 3.63) is 0 Å². The number of carbonyl (C=O) groups excluding carboxylic acids is 1. The molecule has 0 aromatic carbocycles. The van der Waals surface area contributed by atoms with Gasteiger partial charge in [0.05, 0.1) is 6.04 Å². The topological polar surface area (TPSA) is 170 Å². The van der Waals surface area contributed by atoms with Gasteiger partial charge in [-0.3, -0.25) is 14.4 Å². The first-order valence-corrected chi connectivity index (χ1v) is 6.00. The van der Waals surface area contributed by atoms with E-state index in [0.717, 1.165) is 0 Å². The molecule has 0 aromatic heterocycles. The first-order chi connectivity index (χ1) is 8.75. The number of ketones is 1. The summed E-state index contributed by atoms with van der Waals surface area (Å²) in [6.45, 7) is 0. The molecule has 1 unspecified atom stereocenters. The first kappa shape index (κ1) is 17.5. The summed E-state index contributed by atoms with van der Waals surface area (Å²) in [4.78, 5) is 32.5. The minimum absolute atomic E-state index is 0.000380. The fraction of sp³-hybridized carbons (Fsp3) is 0.727. The Kier molecular flexibility index (Phi) is 7.89. The van der Waals surface area contributed by atoms with Crippen LogP contribution in [0.1, 0.15) is 32.1 Å². The molecule has 19 heavy (non-hydrogen) atoms. The molecule has 0 aliphatic rings. The summed E-state index contributed by atoms with van der Waals surface area (Å²) in [6, 6.07) is -2.76. The zero-order valence-electron chi connectivity index (χ0n) is 10.6. The van der Waals surface area contributed by atoms with Crippen molar-refractivity contribution in [1.82, 2.24) is 0 Å². The van der Waals surface area contributed by atoms with Crippen LogP contribution in [0.4, 0.5) is 0 Å². The molecule has 8 heteroatoms. The second kappa shape index (κ2) is 8.57. The normalized spacial score (nSPS) is 15.5. The van der Waals surface area contributed by atoms with E-state index in [-0.39, 0.29) is 25.0 Å². The van der Waals surface area contributed by atoms with E-state index < -0.39 is 30.1 Å². The van der Waals surface area contributed by atoms with Crippen molar-refractivity contribution in [3.8, 4) is 0 Å². The molecular weight excluding hydrogens is 254 g/mol. The number of hydrogen-bond donors (Lipinski definition) is 5. The fourth-order valence-corrected chi connectivity index (χ4v) is 1.45. The molecule has 0 fully saturated rings. The number of rotatable bonds is 10. The maximum atomic E-state index is 11.6. The van der Waals surface area contributed by atoms with Crippen LogP contribution < -0.4 is 17.2 Å². The number of carboxylic acid groups (broad SMARTS) is 2. The van der Waals surface area contributed by atoms with Crippen LogP contribution in [0.5, 0.6) is 0 Å². The summed E-state index contributed by atoms with van der Waals surface area (Å²) in [6.07, 6.45) is 1.02. The zero-order valence-corrected chi connectivity index (χ0v) is 10.6. The molecule has 0 aliphatic heterocycles. The molecule has 0 bridgehead atoms. The second-order valence-electron chi connectivity index (χ2n) is 4.43. The average Bonchev–Trinajstić information content (AvgIpc) is 2.34. The zero-order chi connectivity index (χ0) is 15.0. The Morgan fingerprint density at radius 3 is 1.68 bits per heavy atom. The van der Waals surface area contributed by atoms with Gasteiger partial charge in [-0.2, -0.15) is 0 Å². The summed E-state index contributed by atoms with van der Waals surface area (Å²) < 4.78 is 0. The molecule has 0 aromatic rings. The number of aliphatic carboxylic acids is 2. The van der Waals surface area contributed by atoms with Gasteiger partial charge in [0.15, 0.2) is 0 Å². The molecule has 110 valence electrons. The average molecular weight is 275 g/mol. The van der Waals surface area contributed by atoms with Gasteiger partial charge in [-0.25, -0.2) is 0 Å². The second-order valence-corrected chi connectivity index (χ2v) is 4.43. The summed E-state index contributed by atoms with van der Waals surface area (Å²) >= 11 is 0. The van der Waals surface area contributed by atoms with Gasteiger partial charge in [0.1, 0.15) is 17.9 Å². The number of carbonyl (C=O) groups is 3. The molecule has 3 atom stereocenters. The monoisotopic (exact) mass is 275 g/mol. The maximum absolute atomic E-state index is 11.6. The lowest BCUT2D eigenvalue weighted by molar-refractivity contribution is -0.139. The van der Waals surface area contributed by atoms with E-state index in [1.165, 1.54) is 0 Å². The van der Waals surface area contributed by atoms with Crippen LogP contribution in [0.2, 0.25) is 0 Å². The molecule has 0 saturated carbocycles. The smallest absolute Gasteiger partial charge is 0.320 e. The number of nitrogens with two attached hydrogens (primary N) is 3. The Morgan fingerprint density at radius 1 is 0.789 bits per heavy atom. The van der Waals surface area contributed by atoms with E-state index in [4.69, 9.17) is 27.4 Å². The maximum Gasteiger partial charge on any atom is 0.320 e. The van der Waals surface area contributed by atoms with Gasteiger partial charge in [-0.1, -0.05) is 0 Å². The Balaban J connectivity index is 3.88. The molecule has 8 N–H and O–H groups in total. The van der Waals surface area contributed by atoms with Crippen LogP contribution in [0.25, 0.3) is 0 Å². The highest BCUT2D eigenvalue weighted by molar-refractivity contribution is 5.84. The van der Waals surface area contributed by atoms with Crippen molar-refractivity contribution in [2.75, 3.05) is 0 Å². The highest BCUT2D eigenvalue weighted by Crippen LogP contribution is 2.06. The Labute approximate surface area is 110 Å². The largest absolute Gasteiger partial charge is 0.480 e. The van der Waals surface area contributed by atoms with E-state index >= 15 is 0 Å². The van der Waals surface area contributed by atoms with Crippen molar-refractivity contribution in [2.24, 2.45) is 17.2 Å². The fourth-order valence-electron chi connectivity index (χ4n) is 1.45. The van der Waals surface area contributed by atoms with E-state index in [1.807, 2.05) is 0 Å². The van der Waals surface area contributed by atoms with E-state index in [1.54, 1.807) is 0 Å². The Morgan fingerprint density at radius 2 is 1.21 bits per heavy atom.